The normalized spacial score (nSPS) is 14.5. The van der Waals surface area contributed by atoms with Crippen molar-refractivity contribution in [3.05, 3.63) is 59.7 Å². The Bertz CT molecular complexity index is 757. The van der Waals surface area contributed by atoms with Gasteiger partial charge in [0.25, 0.3) is 23.4 Å². The van der Waals surface area contributed by atoms with Crippen LogP contribution in [0.25, 0.3) is 0 Å². The highest BCUT2D eigenvalue weighted by Crippen LogP contribution is 2.22. The zero-order valence-corrected chi connectivity index (χ0v) is 11.3. The highest BCUT2D eigenvalue weighted by molar-refractivity contribution is 6.52. The number of amides is 2. The van der Waals surface area contributed by atoms with E-state index in [4.69, 9.17) is 0 Å². The quantitative estimate of drug-likeness (QED) is 0.722. The van der Waals surface area contributed by atoms with E-state index in [1.165, 1.54) is 0 Å². The zero-order valence-electron chi connectivity index (χ0n) is 11.3. The summed E-state index contributed by atoms with van der Waals surface area (Å²) >= 11 is 0. The first-order valence-electron chi connectivity index (χ1n) is 6.47. The number of nitrogens with one attached hydrogen (secondary N) is 2. The van der Waals surface area contributed by atoms with Gasteiger partial charge >= 0.3 is 0 Å². The summed E-state index contributed by atoms with van der Waals surface area (Å²) in [5.41, 5.74) is 2.17. The lowest BCUT2D eigenvalue weighted by atomic mass is 10.1. The van der Waals surface area contributed by atoms with Gasteiger partial charge in [-0.3, -0.25) is 19.2 Å². The van der Waals surface area contributed by atoms with Crippen LogP contribution in [0.1, 0.15) is 20.7 Å². The number of ketones is 2. The van der Waals surface area contributed by atoms with E-state index in [0.717, 1.165) is 0 Å². The molecule has 0 atom stereocenters. The van der Waals surface area contributed by atoms with Crippen LogP contribution in [0, 0.1) is 0 Å². The van der Waals surface area contributed by atoms with Gasteiger partial charge in [0.1, 0.15) is 0 Å². The van der Waals surface area contributed by atoms with Crippen molar-refractivity contribution in [1.82, 2.24) is 0 Å². The molecule has 6 heteroatoms. The Morgan fingerprint density at radius 1 is 0.545 bits per heavy atom. The molecule has 0 radical (unpaired) electrons. The minimum atomic E-state index is -0.536. The molecule has 108 valence electrons. The largest absolute Gasteiger partial charge is 0.318 e. The number of Topliss-reactive ketones (excluding diaryl/α,β-unsaturated/α-hetero) is 2. The van der Waals surface area contributed by atoms with Crippen molar-refractivity contribution < 1.29 is 19.2 Å². The Labute approximate surface area is 125 Å². The maximum Gasteiger partial charge on any atom is 0.296 e. The van der Waals surface area contributed by atoms with Crippen LogP contribution >= 0.6 is 0 Å². The fourth-order valence-electron chi connectivity index (χ4n) is 2.18. The molecule has 4 rings (SSSR count). The van der Waals surface area contributed by atoms with Crippen LogP contribution in [0.15, 0.2) is 48.5 Å². The van der Waals surface area contributed by atoms with Gasteiger partial charge in [-0.2, -0.15) is 0 Å². The molecular formula is C16H10N2O4. The summed E-state index contributed by atoms with van der Waals surface area (Å²) in [4.78, 5) is 43.5. The van der Waals surface area contributed by atoms with Gasteiger partial charge in [0.15, 0.2) is 0 Å². The molecule has 2 aliphatic rings. The van der Waals surface area contributed by atoms with Gasteiger partial charge in [0.05, 0.1) is 22.5 Å². The highest BCUT2D eigenvalue weighted by Gasteiger charge is 2.27. The molecule has 2 aliphatic heterocycles. The van der Waals surface area contributed by atoms with Gasteiger partial charge in [-0.25, -0.2) is 0 Å². The van der Waals surface area contributed by atoms with Crippen LogP contribution in [0.4, 0.5) is 11.4 Å². The molecule has 0 bridgehead atoms. The molecule has 2 aromatic rings. The predicted molar refractivity (Wildman–Crippen MR) is 78.8 cm³/mol. The molecule has 22 heavy (non-hydrogen) atoms. The molecule has 2 aromatic carbocycles. The number of anilines is 2. The van der Waals surface area contributed by atoms with E-state index >= 15 is 0 Å². The number of hydrogen-bond donors (Lipinski definition) is 2. The Morgan fingerprint density at radius 2 is 0.909 bits per heavy atom. The molecule has 0 spiro atoms. The van der Waals surface area contributed by atoms with Crippen molar-refractivity contribution in [2.24, 2.45) is 0 Å². The van der Waals surface area contributed by atoms with Crippen molar-refractivity contribution in [3.8, 4) is 0 Å². The van der Waals surface area contributed by atoms with Crippen LogP contribution in [0.3, 0.4) is 0 Å². The summed E-state index contributed by atoms with van der Waals surface area (Å²) in [6, 6.07) is 13.7. The van der Waals surface area contributed by atoms with Crippen molar-refractivity contribution in [2.75, 3.05) is 10.6 Å². The first-order valence-corrected chi connectivity index (χ1v) is 6.47. The summed E-state index contributed by atoms with van der Waals surface area (Å²) in [5.74, 6) is -1.96. The minimum Gasteiger partial charge on any atom is -0.318 e. The van der Waals surface area contributed by atoms with E-state index in [1.54, 1.807) is 48.5 Å². The molecule has 0 saturated heterocycles. The first kappa shape index (κ1) is 13.7. The standard InChI is InChI=1S/2C8H5NO2/c2*10-7-5-3-1-2-4-6(5)9-8(7)11/h2*1-4H,(H,9,10,11). The Hall–Kier alpha value is -3.28. The molecule has 0 unspecified atom stereocenters. The molecule has 2 heterocycles. The van der Waals surface area contributed by atoms with Gasteiger partial charge in [0, 0.05) is 0 Å². The maximum atomic E-state index is 11.0. The first-order chi connectivity index (χ1) is 10.6. The van der Waals surface area contributed by atoms with E-state index in [2.05, 4.69) is 10.6 Å². The van der Waals surface area contributed by atoms with E-state index in [0.29, 0.717) is 22.5 Å². The van der Waals surface area contributed by atoms with Gasteiger partial charge in [0.2, 0.25) is 0 Å². The number of carbonyl (C=O) groups is 4. The van der Waals surface area contributed by atoms with E-state index in [1.807, 2.05) is 0 Å². The van der Waals surface area contributed by atoms with Gasteiger partial charge in [-0.15, -0.1) is 0 Å². The minimum absolute atomic E-state index is 0.444. The molecule has 0 saturated carbocycles. The summed E-state index contributed by atoms with van der Waals surface area (Å²) in [6.45, 7) is 0. The molecule has 0 fully saturated rings. The fourth-order valence-corrected chi connectivity index (χ4v) is 2.18. The van der Waals surface area contributed by atoms with Crippen molar-refractivity contribution in [1.29, 1.82) is 0 Å². The van der Waals surface area contributed by atoms with Gasteiger partial charge < -0.3 is 10.6 Å². The molecule has 6 nitrogen and oxygen atoms in total. The fraction of sp³-hybridized carbons (Fsp3) is 0. The molecular weight excluding hydrogens is 284 g/mol. The predicted octanol–water partition coefficient (Wildman–Crippen LogP) is 1.64. The van der Waals surface area contributed by atoms with Crippen LogP contribution in [-0.2, 0) is 9.59 Å². The lowest BCUT2D eigenvalue weighted by molar-refractivity contribution is -0.112. The second kappa shape index (κ2) is 5.25. The second-order valence-electron chi connectivity index (χ2n) is 4.66. The molecule has 2 amide bonds. The van der Waals surface area contributed by atoms with Crippen molar-refractivity contribution in [2.45, 2.75) is 0 Å². The number of hydrogen-bond acceptors (Lipinski definition) is 4. The van der Waals surface area contributed by atoms with E-state index < -0.39 is 23.4 Å². The van der Waals surface area contributed by atoms with Crippen LogP contribution in [0.2, 0.25) is 0 Å². The third-order valence-corrected chi connectivity index (χ3v) is 3.25. The average Bonchev–Trinajstić information content (AvgIpc) is 2.98. The molecule has 2 N–H and O–H groups in total. The van der Waals surface area contributed by atoms with E-state index in [9.17, 15) is 19.2 Å². The summed E-state index contributed by atoms with van der Waals surface area (Å²) < 4.78 is 0. The Kier molecular flexibility index (Phi) is 3.27. The number of fused-ring (bicyclic) bond motifs is 2. The van der Waals surface area contributed by atoms with Crippen LogP contribution in [0.5, 0.6) is 0 Å². The highest BCUT2D eigenvalue weighted by atomic mass is 16.2. The zero-order chi connectivity index (χ0) is 15.7. The summed E-state index contributed by atoms with van der Waals surface area (Å²) in [6.07, 6.45) is 0. The molecule has 0 aliphatic carbocycles. The lowest BCUT2D eigenvalue weighted by Crippen LogP contribution is -2.12. The number of benzene rings is 2. The number of para-hydroxylation sites is 2. The van der Waals surface area contributed by atoms with Crippen molar-refractivity contribution in [3.63, 3.8) is 0 Å². The summed E-state index contributed by atoms with van der Waals surface area (Å²) in [7, 11) is 0. The lowest BCUT2D eigenvalue weighted by Gasteiger charge is -1.91. The number of carbonyl (C=O) groups excluding carboxylic acids is 4. The van der Waals surface area contributed by atoms with E-state index in [-0.39, 0.29) is 0 Å². The van der Waals surface area contributed by atoms with Crippen molar-refractivity contribution >= 4 is 34.8 Å². The third-order valence-electron chi connectivity index (χ3n) is 3.25. The monoisotopic (exact) mass is 294 g/mol. The average molecular weight is 294 g/mol. The third kappa shape index (κ3) is 2.26. The van der Waals surface area contributed by atoms with Gasteiger partial charge in [-0.1, -0.05) is 24.3 Å². The maximum absolute atomic E-state index is 11.0. The van der Waals surface area contributed by atoms with Gasteiger partial charge in [-0.05, 0) is 24.3 Å². The van der Waals surface area contributed by atoms with Crippen LogP contribution < -0.4 is 10.6 Å². The molecule has 0 aromatic heterocycles. The summed E-state index contributed by atoms with van der Waals surface area (Å²) in [5, 5.41) is 4.92. The number of rotatable bonds is 0. The van der Waals surface area contributed by atoms with Crippen LogP contribution in [-0.4, -0.2) is 23.4 Å². The SMILES string of the molecule is O=C1Nc2ccccc2C1=O.O=C1Nc2ccccc2C1=O. The Morgan fingerprint density at radius 3 is 1.27 bits per heavy atom. The smallest absolute Gasteiger partial charge is 0.296 e. The Balaban J connectivity index is 0.000000131. The second-order valence-corrected chi connectivity index (χ2v) is 4.66. The topological polar surface area (TPSA) is 92.3 Å².